The van der Waals surface area contributed by atoms with Crippen LogP contribution in [0.3, 0.4) is 0 Å². The third-order valence-electron chi connectivity index (χ3n) is 2.79. The van der Waals surface area contributed by atoms with E-state index >= 15 is 0 Å². The first-order valence-corrected chi connectivity index (χ1v) is 8.93. The Kier molecular flexibility index (Phi) is 4.98. The Balaban J connectivity index is 2.37. The largest absolute Gasteiger partial charge is 0.457 e. The van der Waals surface area contributed by atoms with Gasteiger partial charge >= 0.3 is 0 Å². The summed E-state index contributed by atoms with van der Waals surface area (Å²) in [4.78, 5) is 12.1. The van der Waals surface area contributed by atoms with E-state index in [-0.39, 0.29) is 17.7 Å². The lowest BCUT2D eigenvalue weighted by molar-refractivity contribution is 0.465. The third-order valence-corrected chi connectivity index (χ3v) is 3.34. The smallest absolute Gasteiger partial charge is 0.222 e. The maximum Gasteiger partial charge on any atom is 0.222 e. The molecule has 0 radical (unpaired) electrons. The number of nitrogen functional groups attached to an aromatic ring is 2. The maximum absolute atomic E-state index is 5.86. The SMILES string of the molecule is CC(C)c1cnc(OP(C)C)cc1Oc1cnc(N)nc1N. The highest BCUT2D eigenvalue weighted by Crippen LogP contribution is 2.36. The first-order valence-electron chi connectivity index (χ1n) is 6.78. The van der Waals surface area contributed by atoms with Crippen LogP contribution in [0.25, 0.3) is 0 Å². The second-order valence-electron chi connectivity index (χ2n) is 5.20. The third kappa shape index (κ3) is 3.95. The highest BCUT2D eigenvalue weighted by atomic mass is 31.1. The molecule has 0 aliphatic carbocycles. The van der Waals surface area contributed by atoms with E-state index in [2.05, 4.69) is 28.8 Å². The summed E-state index contributed by atoms with van der Waals surface area (Å²) in [5, 5.41) is 0. The van der Waals surface area contributed by atoms with Gasteiger partial charge in [-0.3, -0.25) is 0 Å². The molecule has 2 rings (SSSR count). The zero-order valence-electron chi connectivity index (χ0n) is 13.1. The standard InChI is InChI=1S/C14H20N5O2P/c1-8(2)9-6-17-12(21-22(3)4)5-10(9)20-11-7-18-14(16)19-13(11)15/h5-8H,1-4H3,(H4,15,16,18,19). The molecule has 2 aromatic heterocycles. The van der Waals surface area contributed by atoms with E-state index < -0.39 is 8.15 Å². The zero-order chi connectivity index (χ0) is 16.3. The molecule has 22 heavy (non-hydrogen) atoms. The fourth-order valence-electron chi connectivity index (χ4n) is 1.78. The number of hydrogen-bond donors (Lipinski definition) is 2. The van der Waals surface area contributed by atoms with Crippen molar-refractivity contribution >= 4 is 19.9 Å². The van der Waals surface area contributed by atoms with E-state index in [0.717, 1.165) is 5.56 Å². The molecule has 0 saturated heterocycles. The molecule has 0 aliphatic rings. The Morgan fingerprint density at radius 2 is 1.82 bits per heavy atom. The molecule has 0 amide bonds. The molecule has 2 aromatic rings. The first-order chi connectivity index (χ1) is 10.4. The molecule has 0 aliphatic heterocycles. The Bertz CT molecular complexity index is 664. The van der Waals surface area contributed by atoms with Gasteiger partial charge in [-0.1, -0.05) is 13.8 Å². The Labute approximate surface area is 130 Å². The van der Waals surface area contributed by atoms with Crippen molar-refractivity contribution in [2.45, 2.75) is 19.8 Å². The van der Waals surface area contributed by atoms with Crippen molar-refractivity contribution in [2.24, 2.45) is 0 Å². The lowest BCUT2D eigenvalue weighted by atomic mass is 10.1. The second kappa shape index (κ2) is 6.75. The van der Waals surface area contributed by atoms with Gasteiger partial charge in [0.2, 0.25) is 11.8 Å². The van der Waals surface area contributed by atoms with Crippen LogP contribution < -0.4 is 20.7 Å². The Morgan fingerprint density at radius 1 is 1.09 bits per heavy atom. The van der Waals surface area contributed by atoms with Crippen LogP contribution in [-0.4, -0.2) is 28.3 Å². The molecule has 8 heteroatoms. The van der Waals surface area contributed by atoms with Crippen molar-refractivity contribution in [3.05, 3.63) is 24.0 Å². The highest BCUT2D eigenvalue weighted by molar-refractivity contribution is 7.51. The Morgan fingerprint density at radius 3 is 2.41 bits per heavy atom. The van der Waals surface area contributed by atoms with E-state index in [0.29, 0.717) is 17.4 Å². The molecule has 118 valence electrons. The number of aromatic nitrogens is 3. The lowest BCUT2D eigenvalue weighted by Gasteiger charge is -2.16. The quantitative estimate of drug-likeness (QED) is 0.815. The minimum absolute atomic E-state index is 0.107. The number of hydrogen-bond acceptors (Lipinski definition) is 7. The first kappa shape index (κ1) is 16.2. The van der Waals surface area contributed by atoms with Gasteiger partial charge in [0.15, 0.2) is 11.6 Å². The number of nitrogens with two attached hydrogens (primary N) is 2. The van der Waals surface area contributed by atoms with Crippen LogP contribution in [-0.2, 0) is 0 Å². The average molecular weight is 321 g/mol. The molecule has 2 heterocycles. The average Bonchev–Trinajstić information content (AvgIpc) is 2.41. The van der Waals surface area contributed by atoms with Crippen LogP contribution in [0.2, 0.25) is 0 Å². The van der Waals surface area contributed by atoms with Gasteiger partial charge in [-0.2, -0.15) is 4.98 Å². The maximum atomic E-state index is 5.86. The molecule has 4 N–H and O–H groups in total. The predicted octanol–water partition coefficient (Wildman–Crippen LogP) is 2.99. The van der Waals surface area contributed by atoms with Crippen molar-refractivity contribution in [3.63, 3.8) is 0 Å². The number of ether oxygens (including phenoxy) is 1. The molecule has 0 unspecified atom stereocenters. The van der Waals surface area contributed by atoms with E-state index in [1.807, 2.05) is 13.3 Å². The summed E-state index contributed by atoms with van der Waals surface area (Å²) in [6.45, 7) is 8.11. The van der Waals surface area contributed by atoms with Gasteiger partial charge in [-0.05, 0) is 19.2 Å². The van der Waals surface area contributed by atoms with Crippen LogP contribution in [0.15, 0.2) is 18.5 Å². The van der Waals surface area contributed by atoms with Crippen LogP contribution in [0, 0.1) is 0 Å². The van der Waals surface area contributed by atoms with Crippen LogP contribution in [0.4, 0.5) is 11.8 Å². The molecule has 0 atom stereocenters. The van der Waals surface area contributed by atoms with Gasteiger partial charge in [0, 0.05) is 17.8 Å². The van der Waals surface area contributed by atoms with Gasteiger partial charge in [0.25, 0.3) is 0 Å². The summed E-state index contributed by atoms with van der Waals surface area (Å²) in [6.07, 6.45) is 3.21. The monoisotopic (exact) mass is 321 g/mol. The summed E-state index contributed by atoms with van der Waals surface area (Å²) in [5.74, 6) is 2.02. The highest BCUT2D eigenvalue weighted by Gasteiger charge is 2.14. The van der Waals surface area contributed by atoms with Gasteiger partial charge < -0.3 is 20.7 Å². The fourth-order valence-corrected chi connectivity index (χ4v) is 2.26. The van der Waals surface area contributed by atoms with Gasteiger partial charge in [0.1, 0.15) is 5.75 Å². The molecule has 0 aromatic carbocycles. The lowest BCUT2D eigenvalue weighted by Crippen LogP contribution is -2.03. The predicted molar refractivity (Wildman–Crippen MR) is 88.7 cm³/mol. The molecule has 0 bridgehead atoms. The number of pyridine rings is 1. The summed E-state index contributed by atoms with van der Waals surface area (Å²) >= 11 is 0. The molecule has 7 nitrogen and oxygen atoms in total. The van der Waals surface area contributed by atoms with Crippen LogP contribution in [0.1, 0.15) is 25.3 Å². The topological polar surface area (TPSA) is 109 Å². The fraction of sp³-hybridized carbons (Fsp3) is 0.357. The summed E-state index contributed by atoms with van der Waals surface area (Å²) in [6, 6.07) is 1.76. The summed E-state index contributed by atoms with van der Waals surface area (Å²) < 4.78 is 11.5. The number of rotatable bonds is 5. The minimum atomic E-state index is -0.568. The molecular formula is C14H20N5O2P. The summed E-state index contributed by atoms with van der Waals surface area (Å²) in [7, 11) is -0.568. The van der Waals surface area contributed by atoms with Gasteiger partial charge in [-0.15, -0.1) is 0 Å². The van der Waals surface area contributed by atoms with E-state index in [9.17, 15) is 0 Å². The normalized spacial score (nSPS) is 11.0. The van der Waals surface area contributed by atoms with E-state index in [1.165, 1.54) is 6.20 Å². The second-order valence-corrected chi connectivity index (χ2v) is 7.01. The number of nitrogens with zero attached hydrogens (tertiary/aromatic N) is 3. The molecule has 0 fully saturated rings. The van der Waals surface area contributed by atoms with Crippen molar-refractivity contribution in [1.29, 1.82) is 0 Å². The molecular weight excluding hydrogens is 301 g/mol. The zero-order valence-corrected chi connectivity index (χ0v) is 14.0. The van der Waals surface area contributed by atoms with E-state index in [4.69, 9.17) is 20.7 Å². The van der Waals surface area contributed by atoms with Crippen molar-refractivity contribution < 1.29 is 9.26 Å². The minimum Gasteiger partial charge on any atom is -0.457 e. The Hall–Kier alpha value is -2.14. The van der Waals surface area contributed by atoms with E-state index in [1.54, 1.807) is 12.3 Å². The van der Waals surface area contributed by atoms with Crippen molar-refractivity contribution in [2.75, 3.05) is 24.8 Å². The van der Waals surface area contributed by atoms with Crippen molar-refractivity contribution in [3.8, 4) is 17.4 Å². The van der Waals surface area contributed by atoms with Gasteiger partial charge in [-0.25, -0.2) is 9.97 Å². The van der Waals surface area contributed by atoms with Crippen LogP contribution >= 0.6 is 8.15 Å². The van der Waals surface area contributed by atoms with Gasteiger partial charge in [0.05, 0.1) is 14.3 Å². The van der Waals surface area contributed by atoms with Crippen LogP contribution in [0.5, 0.6) is 17.4 Å². The number of anilines is 2. The molecule has 0 saturated carbocycles. The van der Waals surface area contributed by atoms with Crippen molar-refractivity contribution in [1.82, 2.24) is 15.0 Å². The molecule has 0 spiro atoms. The summed E-state index contributed by atoms with van der Waals surface area (Å²) in [5.41, 5.74) is 12.3.